The molecule has 0 unspecified atom stereocenters. The lowest BCUT2D eigenvalue weighted by atomic mass is 10.2. The maximum atomic E-state index is 9.54. The van der Waals surface area contributed by atoms with E-state index in [4.69, 9.17) is 0 Å². The highest BCUT2D eigenvalue weighted by Gasteiger charge is 2.17. The van der Waals surface area contributed by atoms with Crippen LogP contribution in [0, 0.1) is 18.3 Å². The summed E-state index contributed by atoms with van der Waals surface area (Å²) in [5.74, 6) is 0.610. The molecule has 0 spiro atoms. The number of imidazole rings is 1. The van der Waals surface area contributed by atoms with Crippen LogP contribution in [0.4, 0.5) is 0 Å². The molecule has 0 aliphatic heterocycles. The Bertz CT molecular complexity index is 1040. The minimum absolute atomic E-state index is 0.610. The van der Waals surface area contributed by atoms with Gasteiger partial charge in [-0.25, -0.2) is 9.67 Å². The van der Waals surface area contributed by atoms with E-state index in [1.54, 1.807) is 11.8 Å². The zero-order valence-electron chi connectivity index (χ0n) is 13.6. The molecule has 0 saturated heterocycles. The van der Waals surface area contributed by atoms with Crippen LogP contribution >= 0.6 is 11.8 Å². The summed E-state index contributed by atoms with van der Waals surface area (Å²) in [5, 5.41) is 14.9. The summed E-state index contributed by atoms with van der Waals surface area (Å²) in [7, 11) is 0. The number of aromatic nitrogens is 4. The third-order valence-electron chi connectivity index (χ3n) is 3.98. The van der Waals surface area contributed by atoms with Gasteiger partial charge in [-0.1, -0.05) is 42.1 Å². The molecule has 0 fully saturated rings. The summed E-state index contributed by atoms with van der Waals surface area (Å²) in [6, 6.07) is 20.1. The summed E-state index contributed by atoms with van der Waals surface area (Å²) in [6.45, 7) is 1.87. The van der Waals surface area contributed by atoms with Crippen LogP contribution < -0.4 is 0 Å². The van der Waals surface area contributed by atoms with Gasteiger partial charge in [-0.15, -0.1) is 0 Å². The summed E-state index contributed by atoms with van der Waals surface area (Å²) < 4.78 is 1.85. The molecule has 1 N–H and O–H groups in total. The van der Waals surface area contributed by atoms with Crippen LogP contribution in [0.1, 0.15) is 17.0 Å². The van der Waals surface area contributed by atoms with Crippen molar-refractivity contribution in [3.63, 3.8) is 0 Å². The van der Waals surface area contributed by atoms with Gasteiger partial charge in [0, 0.05) is 5.75 Å². The van der Waals surface area contributed by atoms with Gasteiger partial charge in [-0.2, -0.15) is 10.4 Å². The molecule has 0 aliphatic carbocycles. The molecule has 0 aliphatic rings. The van der Waals surface area contributed by atoms with Gasteiger partial charge in [0.25, 0.3) is 0 Å². The molecular weight excluding hydrogens is 330 g/mol. The molecule has 25 heavy (non-hydrogen) atoms. The number of para-hydroxylation sites is 3. The number of nitrogens with one attached hydrogen (secondary N) is 1. The Morgan fingerprint density at radius 3 is 2.64 bits per heavy atom. The maximum absolute atomic E-state index is 9.54. The van der Waals surface area contributed by atoms with E-state index in [1.807, 2.05) is 66.2 Å². The van der Waals surface area contributed by atoms with Crippen LogP contribution in [0.25, 0.3) is 16.7 Å². The lowest BCUT2D eigenvalue weighted by Crippen LogP contribution is -2.02. The molecule has 5 nitrogen and oxygen atoms in total. The number of nitriles is 1. The van der Waals surface area contributed by atoms with Gasteiger partial charge in [0.1, 0.15) is 6.07 Å². The van der Waals surface area contributed by atoms with Crippen LogP contribution in [0.15, 0.2) is 59.8 Å². The Labute approximate surface area is 149 Å². The normalized spacial score (nSPS) is 10.9. The van der Waals surface area contributed by atoms with E-state index in [-0.39, 0.29) is 0 Å². The second-order valence-electron chi connectivity index (χ2n) is 5.61. The molecule has 4 aromatic rings. The van der Waals surface area contributed by atoms with Crippen LogP contribution in [-0.2, 0) is 5.75 Å². The van der Waals surface area contributed by atoms with Gasteiger partial charge >= 0.3 is 0 Å². The minimum Gasteiger partial charge on any atom is -0.333 e. The summed E-state index contributed by atoms with van der Waals surface area (Å²) in [4.78, 5) is 7.90. The number of hydrogen-bond acceptors (Lipinski definition) is 4. The topological polar surface area (TPSA) is 70.3 Å². The molecule has 0 bridgehead atoms. The fourth-order valence-electron chi connectivity index (χ4n) is 2.77. The molecule has 122 valence electrons. The van der Waals surface area contributed by atoms with Crippen LogP contribution in [0.3, 0.4) is 0 Å². The quantitative estimate of drug-likeness (QED) is 0.562. The van der Waals surface area contributed by atoms with Crippen LogP contribution in [-0.4, -0.2) is 19.7 Å². The van der Waals surface area contributed by atoms with Crippen molar-refractivity contribution < 1.29 is 0 Å². The Morgan fingerprint density at radius 2 is 1.88 bits per heavy atom. The molecule has 0 radical (unpaired) electrons. The van der Waals surface area contributed by atoms with E-state index in [2.05, 4.69) is 21.1 Å². The molecular formula is C19H15N5S. The summed E-state index contributed by atoms with van der Waals surface area (Å²) >= 11 is 1.57. The second kappa shape index (κ2) is 6.46. The number of hydrogen-bond donors (Lipinski definition) is 1. The summed E-state index contributed by atoms with van der Waals surface area (Å²) in [6.07, 6.45) is 0. The van der Waals surface area contributed by atoms with E-state index in [0.29, 0.717) is 11.3 Å². The first-order valence-corrected chi connectivity index (χ1v) is 8.86. The SMILES string of the molecule is Cc1nn(-c2ccccc2)c(CSc2nc3ccccc3[nH]2)c1C#N. The molecule has 4 rings (SSSR count). The average molecular weight is 345 g/mol. The van der Waals surface area contributed by atoms with Crippen LogP contribution in [0.5, 0.6) is 0 Å². The van der Waals surface area contributed by atoms with E-state index < -0.39 is 0 Å². The van der Waals surface area contributed by atoms with Crippen molar-refractivity contribution in [1.29, 1.82) is 5.26 Å². The van der Waals surface area contributed by atoms with E-state index in [9.17, 15) is 5.26 Å². The number of aryl methyl sites for hydroxylation is 1. The van der Waals surface area contributed by atoms with E-state index in [0.717, 1.165) is 33.3 Å². The molecule has 2 heterocycles. The van der Waals surface area contributed by atoms with Crippen molar-refractivity contribution >= 4 is 22.8 Å². The molecule has 2 aromatic heterocycles. The van der Waals surface area contributed by atoms with Gasteiger partial charge in [-0.3, -0.25) is 0 Å². The zero-order chi connectivity index (χ0) is 17.2. The van der Waals surface area contributed by atoms with E-state index in [1.165, 1.54) is 0 Å². The zero-order valence-corrected chi connectivity index (χ0v) is 14.4. The van der Waals surface area contributed by atoms with Gasteiger partial charge in [-0.05, 0) is 31.2 Å². The van der Waals surface area contributed by atoms with Crippen molar-refractivity contribution in [3.05, 3.63) is 71.5 Å². The maximum Gasteiger partial charge on any atom is 0.166 e. The number of benzene rings is 2. The molecule has 6 heteroatoms. The predicted molar refractivity (Wildman–Crippen MR) is 98.7 cm³/mol. The first-order valence-electron chi connectivity index (χ1n) is 7.88. The second-order valence-corrected chi connectivity index (χ2v) is 6.58. The molecule has 2 aromatic carbocycles. The highest BCUT2D eigenvalue weighted by atomic mass is 32.2. The third kappa shape index (κ3) is 2.90. The average Bonchev–Trinajstić information content (AvgIpc) is 3.20. The first-order chi connectivity index (χ1) is 12.3. The highest BCUT2D eigenvalue weighted by molar-refractivity contribution is 7.98. The van der Waals surface area contributed by atoms with Crippen LogP contribution in [0.2, 0.25) is 0 Å². The number of aromatic amines is 1. The van der Waals surface area contributed by atoms with Crippen molar-refractivity contribution in [2.75, 3.05) is 0 Å². The number of H-pyrrole nitrogens is 1. The van der Waals surface area contributed by atoms with Gasteiger partial charge in [0.05, 0.1) is 33.7 Å². The van der Waals surface area contributed by atoms with Gasteiger partial charge in [0.15, 0.2) is 5.16 Å². The fraction of sp³-hybridized carbons (Fsp3) is 0.105. The molecule has 0 saturated carbocycles. The number of fused-ring (bicyclic) bond motifs is 1. The molecule has 0 atom stereocenters. The lowest BCUT2D eigenvalue weighted by Gasteiger charge is -2.06. The van der Waals surface area contributed by atoms with E-state index >= 15 is 0 Å². The smallest absolute Gasteiger partial charge is 0.166 e. The van der Waals surface area contributed by atoms with Gasteiger partial charge < -0.3 is 4.98 Å². The largest absolute Gasteiger partial charge is 0.333 e. The standard InChI is InChI=1S/C19H15N5S/c1-13-15(11-20)18(24(23-13)14-7-3-2-4-8-14)12-25-19-21-16-9-5-6-10-17(16)22-19/h2-10H,12H2,1H3,(H,21,22). The minimum atomic E-state index is 0.610. The Kier molecular flexibility index (Phi) is 4.00. The Hall–Kier alpha value is -3.04. The van der Waals surface area contributed by atoms with Crippen molar-refractivity contribution in [2.24, 2.45) is 0 Å². The highest BCUT2D eigenvalue weighted by Crippen LogP contribution is 2.27. The van der Waals surface area contributed by atoms with Gasteiger partial charge in [0.2, 0.25) is 0 Å². The number of thioether (sulfide) groups is 1. The lowest BCUT2D eigenvalue weighted by molar-refractivity contribution is 0.828. The van der Waals surface area contributed by atoms with Crippen molar-refractivity contribution in [2.45, 2.75) is 17.8 Å². The summed E-state index contributed by atoms with van der Waals surface area (Å²) in [5.41, 5.74) is 5.17. The number of nitrogens with zero attached hydrogens (tertiary/aromatic N) is 4. The third-order valence-corrected chi connectivity index (χ3v) is 4.87. The predicted octanol–water partition coefficient (Wildman–Crippen LogP) is 4.22. The Morgan fingerprint density at radius 1 is 1.12 bits per heavy atom. The molecule has 0 amide bonds. The Balaban J connectivity index is 1.68. The monoisotopic (exact) mass is 345 g/mol. The number of rotatable bonds is 4. The van der Waals surface area contributed by atoms with Crippen molar-refractivity contribution in [1.82, 2.24) is 19.7 Å². The van der Waals surface area contributed by atoms with Crippen molar-refractivity contribution in [3.8, 4) is 11.8 Å². The fourth-order valence-corrected chi connectivity index (χ4v) is 3.66. The first kappa shape index (κ1) is 15.5.